The van der Waals surface area contributed by atoms with E-state index in [-0.39, 0.29) is 18.4 Å². The first-order chi connectivity index (χ1) is 11.9. The number of allylic oxidation sites excluding steroid dienone is 1. The number of nitrogens with zero attached hydrogens (tertiary/aromatic N) is 2. The van der Waals surface area contributed by atoms with Crippen LogP contribution in [-0.4, -0.2) is 52.5 Å². The standard InChI is InChI=1S/C17H21FN4O3/c1-22-8-2-3-14(22)17(20-10-13(23)15(24)21-17)16(25)19-9-11-4-6-12(18)7-5-11/h4-7,10,14,21,23-24H,2-3,8-9H2,1H3,(H,19,25). The third kappa shape index (κ3) is 3.30. The van der Waals surface area contributed by atoms with Gasteiger partial charge < -0.3 is 20.8 Å². The summed E-state index contributed by atoms with van der Waals surface area (Å²) in [6.45, 7) is 1.01. The number of aliphatic hydroxyl groups is 2. The van der Waals surface area contributed by atoms with Crippen molar-refractivity contribution in [1.29, 1.82) is 0 Å². The topological polar surface area (TPSA) is 97.2 Å². The molecule has 1 amide bonds. The molecule has 7 nitrogen and oxygen atoms in total. The molecule has 0 spiro atoms. The lowest BCUT2D eigenvalue weighted by Crippen LogP contribution is -2.66. The second kappa shape index (κ2) is 6.72. The number of benzene rings is 1. The average Bonchev–Trinajstić information content (AvgIpc) is 3.03. The van der Waals surface area contributed by atoms with Crippen LogP contribution in [-0.2, 0) is 11.3 Å². The molecule has 8 heteroatoms. The lowest BCUT2D eigenvalue weighted by atomic mass is 9.95. The van der Waals surface area contributed by atoms with E-state index in [0.29, 0.717) is 0 Å². The van der Waals surface area contributed by atoms with E-state index in [1.165, 1.54) is 12.1 Å². The monoisotopic (exact) mass is 348 g/mol. The van der Waals surface area contributed by atoms with Gasteiger partial charge in [-0.25, -0.2) is 9.38 Å². The van der Waals surface area contributed by atoms with Crippen molar-refractivity contribution >= 4 is 12.1 Å². The minimum Gasteiger partial charge on any atom is -0.502 e. The number of likely N-dealkylation sites (N-methyl/N-ethyl adjacent to an activating group) is 1. The van der Waals surface area contributed by atoms with Gasteiger partial charge in [-0.1, -0.05) is 12.1 Å². The highest BCUT2D eigenvalue weighted by Gasteiger charge is 2.50. The zero-order chi connectivity index (χ0) is 18.0. The SMILES string of the molecule is CN1CCCC1C1(C(=O)NCc2ccc(F)cc2)N=CC(O)=C(O)N1. The first-order valence-corrected chi connectivity index (χ1v) is 8.11. The lowest BCUT2D eigenvalue weighted by Gasteiger charge is -2.39. The summed E-state index contributed by atoms with van der Waals surface area (Å²) in [5.74, 6) is -1.66. The molecular formula is C17H21FN4O3. The van der Waals surface area contributed by atoms with Gasteiger partial charge in [-0.15, -0.1) is 0 Å². The van der Waals surface area contributed by atoms with Gasteiger partial charge in [0.1, 0.15) is 5.82 Å². The van der Waals surface area contributed by atoms with Crippen LogP contribution < -0.4 is 10.6 Å². The van der Waals surface area contributed by atoms with Crippen molar-refractivity contribution in [3.05, 3.63) is 47.3 Å². The van der Waals surface area contributed by atoms with Crippen LogP contribution in [0.2, 0.25) is 0 Å². The number of carbonyl (C=O) groups is 1. The van der Waals surface area contributed by atoms with Crippen LogP contribution in [0.5, 0.6) is 0 Å². The lowest BCUT2D eigenvalue weighted by molar-refractivity contribution is -0.130. The number of likely N-dealkylation sites (tertiary alicyclic amines) is 1. The summed E-state index contributed by atoms with van der Waals surface area (Å²) >= 11 is 0. The van der Waals surface area contributed by atoms with Crippen LogP contribution in [0.15, 0.2) is 40.9 Å². The Kier molecular flexibility index (Phi) is 4.63. The molecule has 25 heavy (non-hydrogen) atoms. The molecule has 2 aliphatic heterocycles. The minimum atomic E-state index is -1.43. The molecule has 2 atom stereocenters. The van der Waals surface area contributed by atoms with Gasteiger partial charge in [0, 0.05) is 6.54 Å². The Morgan fingerprint density at radius 3 is 2.76 bits per heavy atom. The fourth-order valence-electron chi connectivity index (χ4n) is 3.29. The first-order valence-electron chi connectivity index (χ1n) is 8.11. The molecule has 2 aliphatic rings. The fraction of sp³-hybridized carbons (Fsp3) is 0.412. The molecule has 3 rings (SSSR count). The molecule has 1 fully saturated rings. The number of aliphatic imine (C=N–C) groups is 1. The molecule has 0 aliphatic carbocycles. The van der Waals surface area contributed by atoms with Crippen LogP contribution in [0.4, 0.5) is 4.39 Å². The van der Waals surface area contributed by atoms with Crippen molar-refractivity contribution in [2.24, 2.45) is 4.99 Å². The number of aliphatic hydroxyl groups excluding tert-OH is 2. The second-order valence-electron chi connectivity index (χ2n) is 6.33. The number of nitrogens with one attached hydrogen (secondary N) is 2. The summed E-state index contributed by atoms with van der Waals surface area (Å²) < 4.78 is 13.0. The Morgan fingerprint density at radius 2 is 2.16 bits per heavy atom. The van der Waals surface area contributed by atoms with Crippen LogP contribution in [0, 0.1) is 5.82 Å². The van der Waals surface area contributed by atoms with Crippen molar-refractivity contribution in [1.82, 2.24) is 15.5 Å². The molecule has 0 bridgehead atoms. The van der Waals surface area contributed by atoms with Crippen molar-refractivity contribution in [3.63, 3.8) is 0 Å². The van der Waals surface area contributed by atoms with Crippen LogP contribution in [0.25, 0.3) is 0 Å². The third-order valence-electron chi connectivity index (χ3n) is 4.66. The number of hydrogen-bond donors (Lipinski definition) is 4. The van der Waals surface area contributed by atoms with Gasteiger partial charge in [0.25, 0.3) is 5.91 Å². The summed E-state index contributed by atoms with van der Waals surface area (Å²) in [5, 5.41) is 24.9. The van der Waals surface area contributed by atoms with Crippen LogP contribution in [0.1, 0.15) is 18.4 Å². The van der Waals surface area contributed by atoms with E-state index in [0.717, 1.165) is 31.2 Å². The minimum absolute atomic E-state index is 0.199. The van der Waals surface area contributed by atoms with Gasteiger partial charge in [-0.2, -0.15) is 0 Å². The molecule has 0 saturated carbocycles. The molecule has 2 heterocycles. The molecular weight excluding hydrogens is 327 g/mol. The normalized spacial score (nSPS) is 26.6. The zero-order valence-electron chi connectivity index (χ0n) is 13.9. The van der Waals surface area contributed by atoms with Crippen molar-refractivity contribution in [2.75, 3.05) is 13.6 Å². The summed E-state index contributed by atoms with van der Waals surface area (Å²) in [5.41, 5.74) is -0.686. The van der Waals surface area contributed by atoms with Gasteiger partial charge in [0.2, 0.25) is 11.5 Å². The van der Waals surface area contributed by atoms with E-state index in [4.69, 9.17) is 0 Å². The number of carbonyl (C=O) groups excluding carboxylic acids is 1. The van der Waals surface area contributed by atoms with Gasteiger partial charge in [-0.05, 0) is 44.1 Å². The van der Waals surface area contributed by atoms with Crippen LogP contribution in [0.3, 0.4) is 0 Å². The maximum Gasteiger partial charge on any atom is 0.270 e. The maximum atomic E-state index is 13.0. The Hall–Kier alpha value is -2.61. The largest absolute Gasteiger partial charge is 0.502 e. The van der Waals surface area contributed by atoms with Gasteiger partial charge in [-0.3, -0.25) is 9.69 Å². The van der Waals surface area contributed by atoms with E-state index in [9.17, 15) is 19.4 Å². The number of halogens is 1. The predicted molar refractivity (Wildman–Crippen MR) is 90.5 cm³/mol. The molecule has 2 unspecified atom stereocenters. The number of rotatable bonds is 4. The Balaban J connectivity index is 1.81. The number of amides is 1. The van der Waals surface area contributed by atoms with Crippen LogP contribution >= 0.6 is 0 Å². The van der Waals surface area contributed by atoms with Crippen molar-refractivity contribution < 1.29 is 19.4 Å². The van der Waals surface area contributed by atoms with E-state index in [2.05, 4.69) is 15.6 Å². The molecule has 1 saturated heterocycles. The van der Waals surface area contributed by atoms with Crippen molar-refractivity contribution in [3.8, 4) is 0 Å². The Bertz CT molecular complexity index is 719. The smallest absolute Gasteiger partial charge is 0.270 e. The van der Waals surface area contributed by atoms with Gasteiger partial charge in [0.15, 0.2) is 5.76 Å². The maximum absolute atomic E-state index is 13.0. The fourth-order valence-corrected chi connectivity index (χ4v) is 3.29. The second-order valence-corrected chi connectivity index (χ2v) is 6.33. The first kappa shape index (κ1) is 17.2. The highest BCUT2D eigenvalue weighted by atomic mass is 19.1. The van der Waals surface area contributed by atoms with E-state index in [1.807, 2.05) is 11.9 Å². The Morgan fingerprint density at radius 1 is 1.44 bits per heavy atom. The molecule has 0 radical (unpaired) electrons. The zero-order valence-corrected chi connectivity index (χ0v) is 13.9. The quantitative estimate of drug-likeness (QED) is 0.655. The van der Waals surface area contributed by atoms with Gasteiger partial charge >= 0.3 is 0 Å². The average molecular weight is 348 g/mol. The molecule has 4 N–H and O–H groups in total. The Labute approximate surface area is 144 Å². The van der Waals surface area contributed by atoms with E-state index >= 15 is 0 Å². The molecule has 1 aromatic rings. The summed E-state index contributed by atoms with van der Waals surface area (Å²) in [6.07, 6.45) is 2.72. The summed E-state index contributed by atoms with van der Waals surface area (Å²) in [4.78, 5) is 19.2. The summed E-state index contributed by atoms with van der Waals surface area (Å²) in [7, 11) is 1.89. The molecule has 134 valence electrons. The number of hydrogen-bond acceptors (Lipinski definition) is 6. The third-order valence-corrected chi connectivity index (χ3v) is 4.66. The summed E-state index contributed by atoms with van der Waals surface area (Å²) in [6, 6.07) is 5.56. The van der Waals surface area contributed by atoms with E-state index in [1.54, 1.807) is 12.1 Å². The highest BCUT2D eigenvalue weighted by molar-refractivity contribution is 5.91. The predicted octanol–water partition coefficient (Wildman–Crippen LogP) is 1.19. The van der Waals surface area contributed by atoms with Crippen molar-refractivity contribution in [2.45, 2.75) is 31.1 Å². The molecule has 0 aromatic heterocycles. The highest BCUT2D eigenvalue weighted by Crippen LogP contribution is 2.30. The molecule has 1 aromatic carbocycles. The van der Waals surface area contributed by atoms with E-state index < -0.39 is 23.2 Å². The van der Waals surface area contributed by atoms with Gasteiger partial charge in [0.05, 0.1) is 12.3 Å².